The van der Waals surface area contributed by atoms with Crippen LogP contribution in [0.4, 0.5) is 4.39 Å². The predicted octanol–water partition coefficient (Wildman–Crippen LogP) is 2.13. The Morgan fingerprint density at radius 2 is 2.07 bits per heavy atom. The zero-order chi connectivity index (χ0) is 10.6. The van der Waals surface area contributed by atoms with Crippen LogP contribution in [0, 0.1) is 5.82 Å². The van der Waals surface area contributed by atoms with Crippen molar-refractivity contribution < 1.29 is 9.18 Å². The van der Waals surface area contributed by atoms with Gasteiger partial charge in [-0.25, -0.2) is 4.39 Å². The molecule has 0 heterocycles. The first-order chi connectivity index (χ1) is 6.63. The summed E-state index contributed by atoms with van der Waals surface area (Å²) in [5.41, 5.74) is 0.445. The van der Waals surface area contributed by atoms with E-state index in [2.05, 4.69) is 11.9 Å². The van der Waals surface area contributed by atoms with E-state index in [1.807, 2.05) is 6.92 Å². The van der Waals surface area contributed by atoms with Crippen LogP contribution in [0.3, 0.4) is 0 Å². The van der Waals surface area contributed by atoms with E-state index in [1.54, 1.807) is 6.08 Å². The molecule has 0 aliphatic heterocycles. The average Bonchev–Trinajstić information content (AvgIpc) is 2.18. The van der Waals surface area contributed by atoms with Gasteiger partial charge in [0.1, 0.15) is 5.82 Å². The first-order valence-corrected chi connectivity index (χ1v) is 4.32. The third-order valence-corrected chi connectivity index (χ3v) is 1.82. The van der Waals surface area contributed by atoms with Gasteiger partial charge in [0.2, 0.25) is 0 Å². The fraction of sp³-hybridized carbons (Fsp3) is 0.182. The lowest BCUT2D eigenvalue weighted by Crippen LogP contribution is -2.30. The van der Waals surface area contributed by atoms with Crippen LogP contribution in [0.2, 0.25) is 0 Å². The monoisotopic (exact) mass is 193 g/mol. The lowest BCUT2D eigenvalue weighted by molar-refractivity contribution is 0.0947. The van der Waals surface area contributed by atoms with E-state index in [-0.39, 0.29) is 17.8 Å². The van der Waals surface area contributed by atoms with Gasteiger partial charge in [0.15, 0.2) is 0 Å². The summed E-state index contributed by atoms with van der Waals surface area (Å²) in [4.78, 5) is 11.4. The molecule has 0 fully saturated rings. The van der Waals surface area contributed by atoms with Crippen molar-refractivity contribution >= 4 is 5.91 Å². The molecule has 1 aromatic carbocycles. The SMILES string of the molecule is C=CC(C)NC(=O)c1ccc(F)cc1. The molecule has 1 rings (SSSR count). The molecule has 0 spiro atoms. The number of carbonyl (C=O) groups excluding carboxylic acids is 1. The zero-order valence-electron chi connectivity index (χ0n) is 7.96. The molecule has 0 bridgehead atoms. The fourth-order valence-corrected chi connectivity index (χ4v) is 0.950. The van der Waals surface area contributed by atoms with Gasteiger partial charge in [-0.1, -0.05) is 6.08 Å². The van der Waals surface area contributed by atoms with Crippen molar-refractivity contribution in [2.75, 3.05) is 0 Å². The zero-order valence-corrected chi connectivity index (χ0v) is 7.96. The van der Waals surface area contributed by atoms with Crippen LogP contribution in [0.25, 0.3) is 0 Å². The second-order valence-electron chi connectivity index (χ2n) is 3.00. The lowest BCUT2D eigenvalue weighted by atomic mass is 10.2. The van der Waals surface area contributed by atoms with Crippen molar-refractivity contribution in [3.8, 4) is 0 Å². The Balaban J connectivity index is 2.70. The summed E-state index contributed by atoms with van der Waals surface area (Å²) >= 11 is 0. The summed E-state index contributed by atoms with van der Waals surface area (Å²) in [6.45, 7) is 5.36. The van der Waals surface area contributed by atoms with Crippen molar-refractivity contribution in [3.63, 3.8) is 0 Å². The summed E-state index contributed by atoms with van der Waals surface area (Å²) in [6.07, 6.45) is 1.63. The molecular weight excluding hydrogens is 181 g/mol. The third-order valence-electron chi connectivity index (χ3n) is 1.82. The minimum atomic E-state index is -0.349. The Labute approximate surface area is 82.4 Å². The third kappa shape index (κ3) is 2.69. The second kappa shape index (κ2) is 4.56. The molecule has 0 saturated carbocycles. The Hall–Kier alpha value is -1.64. The Morgan fingerprint density at radius 1 is 1.50 bits per heavy atom. The van der Waals surface area contributed by atoms with Gasteiger partial charge in [-0.05, 0) is 31.2 Å². The molecular formula is C11H12FNO. The first kappa shape index (κ1) is 10.4. The van der Waals surface area contributed by atoms with Gasteiger partial charge in [-0.2, -0.15) is 0 Å². The quantitative estimate of drug-likeness (QED) is 0.732. The molecule has 1 unspecified atom stereocenters. The van der Waals surface area contributed by atoms with Crippen LogP contribution >= 0.6 is 0 Å². The average molecular weight is 193 g/mol. The van der Waals surface area contributed by atoms with E-state index in [9.17, 15) is 9.18 Å². The minimum absolute atomic E-state index is 0.0902. The number of carbonyl (C=O) groups is 1. The maximum atomic E-state index is 12.5. The summed E-state index contributed by atoms with van der Waals surface area (Å²) in [7, 11) is 0. The number of rotatable bonds is 3. The highest BCUT2D eigenvalue weighted by Crippen LogP contribution is 2.02. The van der Waals surface area contributed by atoms with Crippen LogP contribution in [0.1, 0.15) is 17.3 Å². The normalized spacial score (nSPS) is 11.9. The minimum Gasteiger partial charge on any atom is -0.346 e. The van der Waals surface area contributed by atoms with Crippen LogP contribution in [0.5, 0.6) is 0 Å². The molecule has 14 heavy (non-hydrogen) atoms. The maximum absolute atomic E-state index is 12.5. The number of hydrogen-bond acceptors (Lipinski definition) is 1. The molecule has 0 aromatic heterocycles. The predicted molar refractivity (Wildman–Crippen MR) is 53.5 cm³/mol. The fourth-order valence-electron chi connectivity index (χ4n) is 0.950. The number of halogens is 1. The topological polar surface area (TPSA) is 29.1 Å². The van der Waals surface area contributed by atoms with Gasteiger partial charge in [-0.3, -0.25) is 4.79 Å². The highest BCUT2D eigenvalue weighted by Gasteiger charge is 2.06. The van der Waals surface area contributed by atoms with E-state index < -0.39 is 0 Å². The van der Waals surface area contributed by atoms with Gasteiger partial charge in [0.05, 0.1) is 0 Å². The molecule has 1 aromatic rings. The van der Waals surface area contributed by atoms with Crippen LogP contribution in [-0.4, -0.2) is 11.9 Å². The van der Waals surface area contributed by atoms with E-state index in [0.29, 0.717) is 5.56 Å². The van der Waals surface area contributed by atoms with Gasteiger partial charge >= 0.3 is 0 Å². The van der Waals surface area contributed by atoms with E-state index in [0.717, 1.165) is 0 Å². The van der Waals surface area contributed by atoms with Crippen molar-refractivity contribution in [1.29, 1.82) is 0 Å². The highest BCUT2D eigenvalue weighted by molar-refractivity contribution is 5.94. The molecule has 2 nitrogen and oxygen atoms in total. The number of benzene rings is 1. The van der Waals surface area contributed by atoms with E-state index >= 15 is 0 Å². The molecule has 0 saturated heterocycles. The van der Waals surface area contributed by atoms with Crippen molar-refractivity contribution in [3.05, 3.63) is 48.3 Å². The summed E-state index contributed by atoms with van der Waals surface area (Å²) in [6, 6.07) is 5.31. The maximum Gasteiger partial charge on any atom is 0.251 e. The van der Waals surface area contributed by atoms with Crippen molar-refractivity contribution in [2.24, 2.45) is 0 Å². The van der Waals surface area contributed by atoms with Crippen LogP contribution < -0.4 is 5.32 Å². The van der Waals surface area contributed by atoms with Gasteiger partial charge in [0.25, 0.3) is 5.91 Å². The molecule has 0 radical (unpaired) electrons. The highest BCUT2D eigenvalue weighted by atomic mass is 19.1. The van der Waals surface area contributed by atoms with Gasteiger partial charge < -0.3 is 5.32 Å². The summed E-state index contributed by atoms with van der Waals surface area (Å²) in [5.74, 6) is -0.573. The Kier molecular flexibility index (Phi) is 3.40. The van der Waals surface area contributed by atoms with Gasteiger partial charge in [0, 0.05) is 11.6 Å². The molecule has 0 aliphatic carbocycles. The Morgan fingerprint density at radius 3 is 2.57 bits per heavy atom. The Bertz CT molecular complexity index is 332. The smallest absolute Gasteiger partial charge is 0.251 e. The first-order valence-electron chi connectivity index (χ1n) is 4.32. The number of amides is 1. The van der Waals surface area contributed by atoms with E-state index in [1.165, 1.54) is 24.3 Å². The number of nitrogens with one attached hydrogen (secondary N) is 1. The summed E-state index contributed by atoms with van der Waals surface area (Å²) in [5, 5.41) is 2.69. The number of hydrogen-bond donors (Lipinski definition) is 1. The standard InChI is InChI=1S/C11H12FNO/c1-3-8(2)13-11(14)9-4-6-10(12)7-5-9/h3-8H,1H2,2H3,(H,13,14). The largest absolute Gasteiger partial charge is 0.346 e. The second-order valence-corrected chi connectivity index (χ2v) is 3.00. The van der Waals surface area contributed by atoms with Crippen molar-refractivity contribution in [1.82, 2.24) is 5.32 Å². The van der Waals surface area contributed by atoms with Crippen molar-refractivity contribution in [2.45, 2.75) is 13.0 Å². The lowest BCUT2D eigenvalue weighted by Gasteiger charge is -2.08. The molecule has 74 valence electrons. The molecule has 1 amide bonds. The van der Waals surface area contributed by atoms with Gasteiger partial charge in [-0.15, -0.1) is 6.58 Å². The molecule has 1 N–H and O–H groups in total. The summed E-state index contributed by atoms with van der Waals surface area (Å²) < 4.78 is 12.5. The van der Waals surface area contributed by atoms with Crippen LogP contribution in [-0.2, 0) is 0 Å². The molecule has 3 heteroatoms. The molecule has 1 atom stereocenters. The molecule has 0 aliphatic rings. The van der Waals surface area contributed by atoms with E-state index in [4.69, 9.17) is 0 Å². The van der Waals surface area contributed by atoms with Crippen LogP contribution in [0.15, 0.2) is 36.9 Å².